The Morgan fingerprint density at radius 2 is 2.20 bits per heavy atom. The van der Waals surface area contributed by atoms with Crippen LogP contribution in [0, 0.1) is 5.41 Å². The monoisotopic (exact) mass is 346 g/mol. The van der Waals surface area contributed by atoms with E-state index in [2.05, 4.69) is 23.9 Å². The lowest BCUT2D eigenvalue weighted by molar-refractivity contribution is -0.136. The van der Waals surface area contributed by atoms with Crippen LogP contribution in [0.15, 0.2) is 18.5 Å². The van der Waals surface area contributed by atoms with Gasteiger partial charge in [-0.15, -0.1) is 0 Å². The number of fused-ring (bicyclic) bond motifs is 1. The molecular formula is C17H22N4O4. The second-order valence-electron chi connectivity index (χ2n) is 6.86. The molecular weight excluding hydrogens is 324 g/mol. The van der Waals surface area contributed by atoms with Gasteiger partial charge in [0.1, 0.15) is 11.3 Å². The van der Waals surface area contributed by atoms with Gasteiger partial charge in [-0.3, -0.25) is 4.79 Å². The lowest BCUT2D eigenvalue weighted by atomic mass is 9.63. The number of amides is 1. The van der Waals surface area contributed by atoms with Crippen LogP contribution in [0.5, 0.6) is 0 Å². The molecule has 2 heterocycles. The summed E-state index contributed by atoms with van der Waals surface area (Å²) in [5.41, 5.74) is 0.267. The van der Waals surface area contributed by atoms with Crippen molar-refractivity contribution >= 4 is 17.5 Å². The number of carboxylic acid groups (broad SMARTS) is 1. The van der Waals surface area contributed by atoms with Crippen molar-refractivity contribution < 1.29 is 19.4 Å². The van der Waals surface area contributed by atoms with Crippen LogP contribution in [-0.4, -0.2) is 62.3 Å². The average molecular weight is 346 g/mol. The molecule has 3 rings (SSSR count). The SMILES string of the molecule is CCO[C@@H]1C[C@H](N(C)C(=O)c2ccnc3c(C(=O)O)cnn23)C1(C)C. The quantitative estimate of drug-likeness (QED) is 0.885. The molecule has 1 fully saturated rings. The van der Waals surface area contributed by atoms with E-state index in [1.165, 1.54) is 16.9 Å². The van der Waals surface area contributed by atoms with Crippen molar-refractivity contribution in [3.05, 3.63) is 29.7 Å². The Labute approximate surface area is 145 Å². The number of carbonyl (C=O) groups excluding carboxylic acids is 1. The van der Waals surface area contributed by atoms with Crippen LogP contribution in [-0.2, 0) is 4.74 Å². The van der Waals surface area contributed by atoms with E-state index in [0.717, 1.165) is 6.42 Å². The maximum absolute atomic E-state index is 13.0. The number of carbonyl (C=O) groups is 2. The van der Waals surface area contributed by atoms with E-state index in [1.54, 1.807) is 18.0 Å². The summed E-state index contributed by atoms with van der Waals surface area (Å²) in [5, 5.41) is 13.2. The number of rotatable bonds is 5. The van der Waals surface area contributed by atoms with Gasteiger partial charge in [0.05, 0.1) is 12.3 Å². The smallest absolute Gasteiger partial charge is 0.341 e. The minimum atomic E-state index is -1.12. The maximum atomic E-state index is 13.0. The Bertz CT molecular complexity index is 829. The Morgan fingerprint density at radius 3 is 2.80 bits per heavy atom. The van der Waals surface area contributed by atoms with E-state index >= 15 is 0 Å². The summed E-state index contributed by atoms with van der Waals surface area (Å²) in [7, 11) is 1.75. The molecule has 8 nitrogen and oxygen atoms in total. The van der Waals surface area contributed by atoms with Gasteiger partial charge in [-0.05, 0) is 19.4 Å². The predicted octanol–water partition coefficient (Wildman–Crippen LogP) is 1.70. The van der Waals surface area contributed by atoms with Gasteiger partial charge in [-0.25, -0.2) is 14.3 Å². The third-order valence-electron chi connectivity index (χ3n) is 5.13. The summed E-state index contributed by atoms with van der Waals surface area (Å²) in [6.45, 7) is 6.78. The van der Waals surface area contributed by atoms with Crippen molar-refractivity contribution in [1.82, 2.24) is 19.5 Å². The van der Waals surface area contributed by atoms with Crippen LogP contribution < -0.4 is 0 Å². The third-order valence-corrected chi connectivity index (χ3v) is 5.13. The zero-order valence-electron chi connectivity index (χ0n) is 14.8. The van der Waals surface area contributed by atoms with Crippen molar-refractivity contribution in [3.8, 4) is 0 Å². The van der Waals surface area contributed by atoms with E-state index < -0.39 is 5.97 Å². The first-order chi connectivity index (χ1) is 11.8. The molecule has 134 valence electrons. The highest BCUT2D eigenvalue weighted by Gasteiger charge is 2.52. The molecule has 1 aliphatic carbocycles. The van der Waals surface area contributed by atoms with E-state index in [4.69, 9.17) is 4.74 Å². The first kappa shape index (κ1) is 17.3. The van der Waals surface area contributed by atoms with Gasteiger partial charge >= 0.3 is 5.97 Å². The fourth-order valence-electron chi connectivity index (χ4n) is 3.53. The highest BCUT2D eigenvalue weighted by atomic mass is 16.5. The molecule has 0 aliphatic heterocycles. The Hall–Kier alpha value is -2.48. The van der Waals surface area contributed by atoms with Crippen molar-refractivity contribution in [2.24, 2.45) is 5.41 Å². The van der Waals surface area contributed by atoms with Gasteiger partial charge < -0.3 is 14.7 Å². The topological polar surface area (TPSA) is 97.0 Å². The number of hydrogen-bond acceptors (Lipinski definition) is 5. The van der Waals surface area contributed by atoms with Gasteiger partial charge in [0, 0.05) is 31.3 Å². The van der Waals surface area contributed by atoms with Gasteiger partial charge in [0.15, 0.2) is 5.65 Å². The Kier molecular flexibility index (Phi) is 4.24. The van der Waals surface area contributed by atoms with Crippen LogP contribution in [0.25, 0.3) is 5.65 Å². The lowest BCUT2D eigenvalue weighted by Crippen LogP contribution is -2.62. The van der Waals surface area contributed by atoms with Crippen LogP contribution in [0.3, 0.4) is 0 Å². The standard InChI is InChI=1S/C17H22N4O4/c1-5-25-13-8-12(17(13,2)3)20(4)15(22)11-6-7-18-14-10(16(23)24)9-19-21(11)14/h6-7,9,12-13H,5,8H2,1-4H3,(H,23,24)/t12-,13+/m0/s1. The highest BCUT2D eigenvalue weighted by molar-refractivity contribution is 5.97. The number of hydrogen-bond donors (Lipinski definition) is 1. The summed E-state index contributed by atoms with van der Waals surface area (Å²) in [5.74, 6) is -1.35. The fourth-order valence-corrected chi connectivity index (χ4v) is 3.53. The number of aromatic carboxylic acids is 1. The van der Waals surface area contributed by atoms with Crippen LogP contribution in [0.4, 0.5) is 0 Å². The summed E-state index contributed by atoms with van der Waals surface area (Å²) in [6.07, 6.45) is 3.54. The summed E-state index contributed by atoms with van der Waals surface area (Å²) in [4.78, 5) is 29.9. The Morgan fingerprint density at radius 1 is 1.48 bits per heavy atom. The predicted molar refractivity (Wildman–Crippen MR) is 89.6 cm³/mol. The molecule has 2 aromatic rings. The third kappa shape index (κ3) is 2.66. The molecule has 1 saturated carbocycles. The molecule has 2 aromatic heterocycles. The largest absolute Gasteiger partial charge is 0.477 e. The van der Waals surface area contributed by atoms with Gasteiger partial charge in [-0.1, -0.05) is 13.8 Å². The fraction of sp³-hybridized carbons (Fsp3) is 0.529. The van der Waals surface area contributed by atoms with E-state index in [1.807, 2.05) is 6.92 Å². The summed E-state index contributed by atoms with van der Waals surface area (Å²) in [6, 6.07) is 1.59. The molecule has 25 heavy (non-hydrogen) atoms. The molecule has 1 N–H and O–H groups in total. The Balaban J connectivity index is 1.89. The minimum Gasteiger partial charge on any atom is -0.477 e. The van der Waals surface area contributed by atoms with Crippen molar-refractivity contribution in [1.29, 1.82) is 0 Å². The van der Waals surface area contributed by atoms with Gasteiger partial charge in [0.2, 0.25) is 0 Å². The van der Waals surface area contributed by atoms with Crippen LogP contribution in [0.2, 0.25) is 0 Å². The van der Waals surface area contributed by atoms with Crippen LogP contribution >= 0.6 is 0 Å². The molecule has 0 aromatic carbocycles. The van der Waals surface area contributed by atoms with E-state index in [9.17, 15) is 14.7 Å². The minimum absolute atomic E-state index is 0.0299. The lowest BCUT2D eigenvalue weighted by Gasteiger charge is -2.54. The number of ether oxygens (including phenoxy) is 1. The molecule has 1 amide bonds. The van der Waals surface area contributed by atoms with Crippen LogP contribution in [0.1, 0.15) is 48.0 Å². The molecule has 0 saturated heterocycles. The molecule has 0 unspecified atom stereocenters. The summed E-state index contributed by atoms with van der Waals surface area (Å²) >= 11 is 0. The molecule has 0 bridgehead atoms. The number of carboxylic acids is 1. The zero-order chi connectivity index (χ0) is 18.4. The van der Waals surface area contributed by atoms with Crippen molar-refractivity contribution in [3.63, 3.8) is 0 Å². The maximum Gasteiger partial charge on any atom is 0.341 e. The molecule has 0 spiro atoms. The average Bonchev–Trinajstić information content (AvgIpc) is 3.01. The first-order valence-corrected chi connectivity index (χ1v) is 8.23. The molecule has 8 heteroatoms. The molecule has 2 atom stereocenters. The van der Waals surface area contributed by atoms with Gasteiger partial charge in [-0.2, -0.15) is 5.10 Å². The highest BCUT2D eigenvalue weighted by Crippen LogP contribution is 2.45. The second kappa shape index (κ2) is 6.11. The van der Waals surface area contributed by atoms with Crippen molar-refractivity contribution in [2.75, 3.05) is 13.7 Å². The second-order valence-corrected chi connectivity index (χ2v) is 6.86. The molecule has 0 radical (unpaired) electrons. The van der Waals surface area contributed by atoms with E-state index in [-0.39, 0.29) is 40.4 Å². The number of nitrogens with zero attached hydrogens (tertiary/aromatic N) is 4. The number of aromatic nitrogens is 3. The molecule has 1 aliphatic rings. The normalized spacial score (nSPS) is 21.8. The van der Waals surface area contributed by atoms with E-state index in [0.29, 0.717) is 6.61 Å². The van der Waals surface area contributed by atoms with Gasteiger partial charge in [0.25, 0.3) is 5.91 Å². The van der Waals surface area contributed by atoms with Crippen molar-refractivity contribution in [2.45, 2.75) is 39.3 Å². The summed E-state index contributed by atoms with van der Waals surface area (Å²) < 4.78 is 7.01. The zero-order valence-corrected chi connectivity index (χ0v) is 14.8. The first-order valence-electron chi connectivity index (χ1n) is 8.23.